The quantitative estimate of drug-likeness (QED) is 0.182. The first-order valence-corrected chi connectivity index (χ1v) is 16.3. The Hall–Kier alpha value is -6.72. The fraction of sp³-hybridized carbons (Fsp3) is 0. The summed E-state index contributed by atoms with van der Waals surface area (Å²) in [5, 5.41) is 7.94. The molecule has 10 aromatic rings. The number of benzene rings is 7. The van der Waals surface area contributed by atoms with E-state index in [-0.39, 0.29) is 0 Å². The first-order valence-electron chi connectivity index (χ1n) is 16.3. The van der Waals surface area contributed by atoms with Gasteiger partial charge in [-0.25, -0.2) is 15.0 Å². The van der Waals surface area contributed by atoms with Gasteiger partial charge in [-0.1, -0.05) is 121 Å². The first-order chi connectivity index (χ1) is 24.3. The number of pyridine rings is 1. The number of aromatic nitrogens is 4. The van der Waals surface area contributed by atoms with Crippen molar-refractivity contribution >= 4 is 54.4 Å². The number of fused-ring (bicyclic) bond motifs is 7. The Morgan fingerprint density at radius 1 is 0.408 bits per heavy atom. The predicted molar refractivity (Wildman–Crippen MR) is 199 cm³/mol. The summed E-state index contributed by atoms with van der Waals surface area (Å²) in [7, 11) is 0. The molecule has 49 heavy (non-hydrogen) atoms. The van der Waals surface area contributed by atoms with E-state index in [0.29, 0.717) is 17.5 Å². The van der Waals surface area contributed by atoms with Gasteiger partial charge < -0.3 is 4.42 Å². The Morgan fingerprint density at radius 2 is 1.06 bits per heavy atom. The maximum Gasteiger partial charge on any atom is 0.167 e. The van der Waals surface area contributed by atoms with Gasteiger partial charge in [0.25, 0.3) is 0 Å². The third-order valence-electron chi connectivity index (χ3n) is 9.37. The average molecular weight is 627 g/mol. The van der Waals surface area contributed by atoms with Gasteiger partial charge in [0, 0.05) is 33.5 Å². The van der Waals surface area contributed by atoms with E-state index in [1.807, 2.05) is 60.8 Å². The van der Waals surface area contributed by atoms with E-state index in [2.05, 4.69) is 102 Å². The van der Waals surface area contributed by atoms with Gasteiger partial charge >= 0.3 is 0 Å². The summed E-state index contributed by atoms with van der Waals surface area (Å²) in [5.74, 6) is 1.71. The summed E-state index contributed by atoms with van der Waals surface area (Å²) in [5.41, 5.74) is 7.33. The largest absolute Gasteiger partial charge is 0.455 e. The van der Waals surface area contributed by atoms with Crippen molar-refractivity contribution in [3.05, 3.63) is 158 Å². The van der Waals surface area contributed by atoms with Gasteiger partial charge in [-0.3, -0.25) is 4.98 Å². The average Bonchev–Trinajstić information content (AvgIpc) is 3.56. The molecule has 3 aromatic heterocycles. The summed E-state index contributed by atoms with van der Waals surface area (Å²) < 4.78 is 6.44. The number of hydrogen-bond donors (Lipinski definition) is 0. The molecule has 0 saturated heterocycles. The summed E-state index contributed by atoms with van der Waals surface area (Å²) >= 11 is 0. The van der Waals surface area contributed by atoms with Crippen LogP contribution in [0.25, 0.3) is 99.7 Å². The summed E-state index contributed by atoms with van der Waals surface area (Å²) in [6.07, 6.45) is 1.81. The molecule has 0 fully saturated rings. The summed E-state index contributed by atoms with van der Waals surface area (Å²) in [4.78, 5) is 20.0. The lowest BCUT2D eigenvalue weighted by atomic mass is 9.93. The monoisotopic (exact) mass is 626 g/mol. The molecule has 0 bridgehead atoms. The molecule has 0 N–H and O–H groups in total. The van der Waals surface area contributed by atoms with Gasteiger partial charge in [-0.05, 0) is 63.0 Å². The molecule has 0 radical (unpaired) electrons. The Morgan fingerprint density at radius 3 is 2.00 bits per heavy atom. The molecule has 0 aliphatic heterocycles. The van der Waals surface area contributed by atoms with Crippen LogP contribution in [0.3, 0.4) is 0 Å². The highest BCUT2D eigenvalue weighted by atomic mass is 16.3. The molecule has 228 valence electrons. The van der Waals surface area contributed by atoms with Crippen LogP contribution in [0, 0.1) is 0 Å². The normalized spacial score (nSPS) is 11.7. The van der Waals surface area contributed by atoms with E-state index in [1.165, 1.54) is 21.5 Å². The molecule has 0 aliphatic rings. The SMILES string of the molecule is c1cc(-c2nc(-c3ccnc4ccccc34)nc(-c3cccc4c3oc3ccccc34)n2)cc(-c2cccc3ccc4ccccc4c23)c1. The van der Waals surface area contributed by atoms with Gasteiger partial charge in [0.15, 0.2) is 17.5 Å². The number of nitrogens with zero attached hydrogens (tertiary/aromatic N) is 4. The highest BCUT2D eigenvalue weighted by Gasteiger charge is 2.19. The van der Waals surface area contributed by atoms with Crippen LogP contribution >= 0.6 is 0 Å². The van der Waals surface area contributed by atoms with Crippen molar-refractivity contribution in [3.8, 4) is 45.3 Å². The molecule has 5 nitrogen and oxygen atoms in total. The number of furan rings is 1. The van der Waals surface area contributed by atoms with Crippen LogP contribution in [0.2, 0.25) is 0 Å². The Bertz CT molecular complexity index is 2900. The number of hydrogen-bond acceptors (Lipinski definition) is 5. The van der Waals surface area contributed by atoms with E-state index in [1.54, 1.807) is 0 Å². The molecule has 0 unspecified atom stereocenters. The van der Waals surface area contributed by atoms with Crippen LogP contribution in [0.1, 0.15) is 0 Å². The highest BCUT2D eigenvalue weighted by molar-refractivity contribution is 6.14. The minimum absolute atomic E-state index is 0.548. The standard InChI is InChI=1S/C44H26N4O/c1-2-14-31-27(10-1)22-23-28-11-8-17-32(40(28)31)29-12-7-13-30(26-29)42-46-43(36-24-25-45-38-20-5-3-15-33(36)38)48-44(47-42)37-19-9-18-35-34-16-4-6-21-39(34)49-41(35)37/h1-26H. The maximum atomic E-state index is 6.44. The molecule has 0 saturated carbocycles. The van der Waals surface area contributed by atoms with Gasteiger partial charge in [-0.15, -0.1) is 0 Å². The number of para-hydroxylation sites is 3. The molecule has 5 heteroatoms. The molecular weight excluding hydrogens is 601 g/mol. The van der Waals surface area contributed by atoms with Crippen molar-refractivity contribution in [1.29, 1.82) is 0 Å². The minimum atomic E-state index is 0.548. The maximum absolute atomic E-state index is 6.44. The van der Waals surface area contributed by atoms with Crippen molar-refractivity contribution in [2.45, 2.75) is 0 Å². The predicted octanol–water partition coefficient (Wildman–Crippen LogP) is 11.3. The molecule has 0 spiro atoms. The van der Waals surface area contributed by atoms with E-state index < -0.39 is 0 Å². The van der Waals surface area contributed by atoms with Crippen LogP contribution < -0.4 is 0 Å². The zero-order valence-corrected chi connectivity index (χ0v) is 26.2. The van der Waals surface area contributed by atoms with Crippen LogP contribution in [-0.4, -0.2) is 19.9 Å². The zero-order chi connectivity index (χ0) is 32.3. The summed E-state index contributed by atoms with van der Waals surface area (Å²) in [6.45, 7) is 0. The third kappa shape index (κ3) is 4.48. The molecule has 7 aromatic carbocycles. The molecule has 0 aliphatic carbocycles. The third-order valence-corrected chi connectivity index (χ3v) is 9.37. The van der Waals surface area contributed by atoms with Gasteiger partial charge in [-0.2, -0.15) is 0 Å². The fourth-order valence-electron chi connectivity index (χ4n) is 7.09. The van der Waals surface area contributed by atoms with E-state index in [4.69, 9.17) is 19.4 Å². The molecule has 3 heterocycles. The molecule has 0 atom stereocenters. The second-order valence-electron chi connectivity index (χ2n) is 12.2. The smallest absolute Gasteiger partial charge is 0.167 e. The van der Waals surface area contributed by atoms with Crippen molar-refractivity contribution in [1.82, 2.24) is 19.9 Å². The second-order valence-corrected chi connectivity index (χ2v) is 12.2. The highest BCUT2D eigenvalue weighted by Crippen LogP contribution is 2.38. The van der Waals surface area contributed by atoms with Gasteiger partial charge in [0.05, 0.1) is 11.1 Å². The minimum Gasteiger partial charge on any atom is -0.455 e. The van der Waals surface area contributed by atoms with Crippen molar-refractivity contribution in [2.75, 3.05) is 0 Å². The van der Waals surface area contributed by atoms with Crippen molar-refractivity contribution < 1.29 is 4.42 Å². The van der Waals surface area contributed by atoms with Crippen molar-refractivity contribution in [3.63, 3.8) is 0 Å². The lowest BCUT2D eigenvalue weighted by Crippen LogP contribution is -2.01. The van der Waals surface area contributed by atoms with Crippen LogP contribution in [0.15, 0.2) is 162 Å². The second kappa shape index (κ2) is 10.9. The Kier molecular flexibility index (Phi) is 6.11. The van der Waals surface area contributed by atoms with Gasteiger partial charge in [0.1, 0.15) is 11.2 Å². The summed E-state index contributed by atoms with van der Waals surface area (Å²) in [6, 6.07) is 52.3. The fourth-order valence-corrected chi connectivity index (χ4v) is 7.09. The molecular formula is C44H26N4O. The van der Waals surface area contributed by atoms with Crippen molar-refractivity contribution in [2.24, 2.45) is 0 Å². The molecule has 0 amide bonds. The van der Waals surface area contributed by atoms with Crippen LogP contribution in [0.5, 0.6) is 0 Å². The topological polar surface area (TPSA) is 64.7 Å². The van der Waals surface area contributed by atoms with Crippen LogP contribution in [-0.2, 0) is 0 Å². The van der Waals surface area contributed by atoms with Crippen LogP contribution in [0.4, 0.5) is 0 Å². The Labute approximate surface area is 281 Å². The molecule has 10 rings (SSSR count). The lowest BCUT2D eigenvalue weighted by Gasteiger charge is -2.13. The van der Waals surface area contributed by atoms with Gasteiger partial charge in [0.2, 0.25) is 0 Å². The van der Waals surface area contributed by atoms with E-state index in [0.717, 1.165) is 60.7 Å². The first kappa shape index (κ1) is 27.4. The Balaban J connectivity index is 1.22. The number of rotatable bonds is 4. The zero-order valence-electron chi connectivity index (χ0n) is 26.2. The van der Waals surface area contributed by atoms with E-state index in [9.17, 15) is 0 Å². The van der Waals surface area contributed by atoms with E-state index >= 15 is 0 Å². The lowest BCUT2D eigenvalue weighted by molar-refractivity contribution is 0.669.